The quantitative estimate of drug-likeness (QED) is 0.622. The number of hydrogen-bond acceptors (Lipinski definition) is 3. The number of anilines is 2. The highest BCUT2D eigenvalue weighted by atomic mass is 35.5. The molecule has 0 atom stereocenters. The first-order valence-corrected chi connectivity index (χ1v) is 9.97. The maximum atomic E-state index is 12.5. The van der Waals surface area contributed by atoms with Crippen LogP contribution in [0.25, 0.3) is 0 Å². The third kappa shape index (κ3) is 4.56. The molecule has 3 rings (SSSR count). The fourth-order valence-electron chi connectivity index (χ4n) is 2.45. The van der Waals surface area contributed by atoms with Crippen molar-refractivity contribution >= 4 is 33.0 Å². The van der Waals surface area contributed by atoms with Gasteiger partial charge in [-0.15, -0.1) is 0 Å². The molecule has 0 spiro atoms. The molecule has 0 bridgehead atoms. The van der Waals surface area contributed by atoms with Crippen molar-refractivity contribution in [3.8, 4) is 0 Å². The second-order valence-corrected chi connectivity index (χ2v) is 8.02. The second kappa shape index (κ2) is 7.81. The molecule has 26 heavy (non-hydrogen) atoms. The molecule has 0 saturated carbocycles. The zero-order valence-corrected chi connectivity index (χ0v) is 15.8. The van der Waals surface area contributed by atoms with E-state index >= 15 is 0 Å². The van der Waals surface area contributed by atoms with Crippen LogP contribution in [0.15, 0.2) is 77.7 Å². The summed E-state index contributed by atoms with van der Waals surface area (Å²) in [7, 11) is -3.65. The van der Waals surface area contributed by atoms with Gasteiger partial charge in [0.2, 0.25) is 0 Å². The molecule has 0 amide bonds. The highest BCUT2D eigenvalue weighted by Crippen LogP contribution is 2.22. The van der Waals surface area contributed by atoms with Crippen LogP contribution < -0.4 is 10.0 Å². The fourth-order valence-corrected chi connectivity index (χ4v) is 3.72. The molecule has 0 unspecified atom stereocenters. The first-order valence-electron chi connectivity index (χ1n) is 8.11. The summed E-state index contributed by atoms with van der Waals surface area (Å²) < 4.78 is 27.6. The fraction of sp³-hybridized carbons (Fsp3) is 0.100. The Morgan fingerprint density at radius 2 is 1.54 bits per heavy atom. The topological polar surface area (TPSA) is 58.2 Å². The molecule has 4 nitrogen and oxygen atoms in total. The molecule has 0 heterocycles. The molecule has 0 aliphatic heterocycles. The third-order valence-electron chi connectivity index (χ3n) is 3.92. The lowest BCUT2D eigenvalue weighted by Crippen LogP contribution is -2.13. The first kappa shape index (κ1) is 18.3. The Bertz CT molecular complexity index is 988. The van der Waals surface area contributed by atoms with Crippen LogP contribution in [-0.2, 0) is 16.6 Å². The van der Waals surface area contributed by atoms with Gasteiger partial charge in [0.05, 0.1) is 4.90 Å². The Morgan fingerprint density at radius 1 is 0.885 bits per heavy atom. The summed E-state index contributed by atoms with van der Waals surface area (Å²) >= 11 is 5.96. The molecule has 6 heteroatoms. The zero-order valence-electron chi connectivity index (χ0n) is 14.2. The number of aryl methyl sites for hydroxylation is 1. The Balaban J connectivity index is 1.67. The van der Waals surface area contributed by atoms with Crippen LogP contribution in [0.3, 0.4) is 0 Å². The minimum absolute atomic E-state index is 0.186. The molecule has 0 aromatic heterocycles. The molecule has 0 saturated heterocycles. The summed E-state index contributed by atoms with van der Waals surface area (Å²) in [5, 5.41) is 3.84. The molecule has 0 aliphatic rings. The van der Waals surface area contributed by atoms with Gasteiger partial charge >= 0.3 is 0 Å². The number of hydrogen-bond donors (Lipinski definition) is 2. The average Bonchev–Trinajstić information content (AvgIpc) is 2.64. The second-order valence-electron chi connectivity index (χ2n) is 5.93. The van der Waals surface area contributed by atoms with E-state index in [1.54, 1.807) is 31.2 Å². The van der Waals surface area contributed by atoms with Gasteiger partial charge in [0.1, 0.15) is 0 Å². The van der Waals surface area contributed by atoms with Gasteiger partial charge in [-0.05, 0) is 60.5 Å². The Kier molecular flexibility index (Phi) is 5.49. The third-order valence-corrected chi connectivity index (χ3v) is 5.72. The number of benzene rings is 3. The van der Waals surface area contributed by atoms with Gasteiger partial charge in [-0.2, -0.15) is 0 Å². The number of rotatable bonds is 6. The Labute approximate surface area is 158 Å². The normalized spacial score (nSPS) is 11.2. The van der Waals surface area contributed by atoms with Crippen molar-refractivity contribution in [2.75, 3.05) is 10.0 Å². The molecule has 0 fully saturated rings. The summed E-state index contributed by atoms with van der Waals surface area (Å²) in [6, 6.07) is 21.8. The van der Waals surface area contributed by atoms with Crippen molar-refractivity contribution in [2.45, 2.75) is 18.4 Å². The molecule has 2 N–H and O–H groups in total. The van der Waals surface area contributed by atoms with Gasteiger partial charge in [0, 0.05) is 22.9 Å². The van der Waals surface area contributed by atoms with Gasteiger partial charge in [0.25, 0.3) is 10.0 Å². The highest BCUT2D eigenvalue weighted by Gasteiger charge is 2.15. The van der Waals surface area contributed by atoms with Crippen molar-refractivity contribution in [1.82, 2.24) is 0 Å². The summed E-state index contributed by atoms with van der Waals surface area (Å²) in [5.41, 5.74) is 3.31. The van der Waals surface area contributed by atoms with Crippen molar-refractivity contribution in [3.05, 3.63) is 88.9 Å². The minimum atomic E-state index is -3.65. The summed E-state index contributed by atoms with van der Waals surface area (Å²) in [6.45, 7) is 2.48. The van der Waals surface area contributed by atoms with E-state index in [0.717, 1.165) is 11.3 Å². The standard InChI is InChI=1S/C20H19ClN2O2S/c1-15-13-19(11-12-20(15)21)26(24,25)23-18-9-7-17(8-10-18)22-14-16-5-3-2-4-6-16/h2-13,22-23H,14H2,1H3. The first-order chi connectivity index (χ1) is 12.4. The summed E-state index contributed by atoms with van der Waals surface area (Å²) in [4.78, 5) is 0.186. The van der Waals surface area contributed by atoms with Gasteiger partial charge in [0.15, 0.2) is 0 Å². The monoisotopic (exact) mass is 386 g/mol. The number of nitrogens with one attached hydrogen (secondary N) is 2. The Morgan fingerprint density at radius 3 is 2.19 bits per heavy atom. The van der Waals surface area contributed by atoms with Gasteiger partial charge < -0.3 is 5.32 Å². The van der Waals surface area contributed by atoms with Crippen LogP contribution in [0.4, 0.5) is 11.4 Å². The van der Waals surface area contributed by atoms with E-state index in [1.165, 1.54) is 11.6 Å². The highest BCUT2D eigenvalue weighted by molar-refractivity contribution is 7.92. The van der Waals surface area contributed by atoms with Gasteiger partial charge in [-0.25, -0.2) is 8.42 Å². The van der Waals surface area contributed by atoms with Crippen LogP contribution in [0.1, 0.15) is 11.1 Å². The van der Waals surface area contributed by atoms with Gasteiger partial charge in [-0.3, -0.25) is 4.72 Å². The van der Waals surface area contributed by atoms with Crippen molar-refractivity contribution in [1.29, 1.82) is 0 Å². The summed E-state index contributed by atoms with van der Waals surface area (Å²) in [5.74, 6) is 0. The van der Waals surface area contributed by atoms with Crippen LogP contribution in [-0.4, -0.2) is 8.42 Å². The Hall–Kier alpha value is -2.50. The predicted molar refractivity (Wildman–Crippen MR) is 107 cm³/mol. The smallest absolute Gasteiger partial charge is 0.261 e. The maximum absolute atomic E-state index is 12.5. The van der Waals surface area contributed by atoms with E-state index in [4.69, 9.17) is 11.6 Å². The van der Waals surface area contributed by atoms with Gasteiger partial charge in [-0.1, -0.05) is 41.9 Å². The van der Waals surface area contributed by atoms with E-state index < -0.39 is 10.0 Å². The van der Waals surface area contributed by atoms with Crippen LogP contribution in [0.2, 0.25) is 5.02 Å². The molecule has 3 aromatic rings. The van der Waals surface area contributed by atoms with E-state index in [-0.39, 0.29) is 4.90 Å². The number of sulfonamides is 1. The molecule has 0 radical (unpaired) electrons. The lowest BCUT2D eigenvalue weighted by molar-refractivity contribution is 0.601. The SMILES string of the molecule is Cc1cc(S(=O)(=O)Nc2ccc(NCc3ccccc3)cc2)ccc1Cl. The van der Waals surface area contributed by atoms with E-state index in [9.17, 15) is 8.42 Å². The minimum Gasteiger partial charge on any atom is -0.381 e. The molecular weight excluding hydrogens is 368 g/mol. The average molecular weight is 387 g/mol. The largest absolute Gasteiger partial charge is 0.381 e. The van der Waals surface area contributed by atoms with Crippen LogP contribution in [0.5, 0.6) is 0 Å². The van der Waals surface area contributed by atoms with Crippen molar-refractivity contribution in [3.63, 3.8) is 0 Å². The van der Waals surface area contributed by atoms with Crippen LogP contribution >= 0.6 is 11.6 Å². The molecular formula is C20H19ClN2O2S. The zero-order chi connectivity index (χ0) is 18.6. The lowest BCUT2D eigenvalue weighted by Gasteiger charge is -2.11. The van der Waals surface area contributed by atoms with E-state index in [0.29, 0.717) is 17.3 Å². The van der Waals surface area contributed by atoms with Crippen LogP contribution in [0, 0.1) is 6.92 Å². The lowest BCUT2D eigenvalue weighted by atomic mass is 10.2. The van der Waals surface area contributed by atoms with Crippen molar-refractivity contribution in [2.24, 2.45) is 0 Å². The number of halogens is 1. The summed E-state index contributed by atoms with van der Waals surface area (Å²) in [6.07, 6.45) is 0. The molecule has 0 aliphatic carbocycles. The van der Waals surface area contributed by atoms with E-state index in [1.807, 2.05) is 42.5 Å². The molecule has 3 aromatic carbocycles. The molecule has 134 valence electrons. The van der Waals surface area contributed by atoms with Crippen molar-refractivity contribution < 1.29 is 8.42 Å². The predicted octanol–water partition coefficient (Wildman–Crippen LogP) is 5.06. The van der Waals surface area contributed by atoms with E-state index in [2.05, 4.69) is 10.0 Å². The maximum Gasteiger partial charge on any atom is 0.261 e.